The molecular formula is C35H45F2N3O5. The van der Waals surface area contributed by atoms with Gasteiger partial charge in [0, 0.05) is 43.4 Å². The van der Waals surface area contributed by atoms with Gasteiger partial charge in [0.2, 0.25) is 0 Å². The minimum atomic E-state index is -1.14. The van der Waals surface area contributed by atoms with Crippen molar-refractivity contribution in [2.45, 2.75) is 71.2 Å². The van der Waals surface area contributed by atoms with E-state index in [1.54, 1.807) is 31.1 Å². The van der Waals surface area contributed by atoms with E-state index in [1.807, 2.05) is 38.1 Å². The molecule has 0 radical (unpaired) electrons. The lowest BCUT2D eigenvalue weighted by Gasteiger charge is -2.26. The van der Waals surface area contributed by atoms with Crippen LogP contribution in [-0.4, -0.2) is 71.9 Å². The van der Waals surface area contributed by atoms with Crippen LogP contribution in [0.2, 0.25) is 0 Å². The lowest BCUT2D eigenvalue weighted by molar-refractivity contribution is 0.0755. The Labute approximate surface area is 264 Å². The lowest BCUT2D eigenvalue weighted by Crippen LogP contribution is -2.48. The molecule has 10 heteroatoms. The first-order valence-corrected chi connectivity index (χ1v) is 15.4. The number of ether oxygens (including phenoxy) is 1. The summed E-state index contributed by atoms with van der Waals surface area (Å²) in [6.07, 6.45) is -0.121. The van der Waals surface area contributed by atoms with Crippen molar-refractivity contribution in [3.63, 3.8) is 0 Å². The monoisotopic (exact) mass is 625 g/mol. The third-order valence-electron chi connectivity index (χ3n) is 7.28. The molecule has 1 unspecified atom stereocenters. The highest BCUT2D eigenvalue weighted by Gasteiger charge is 2.25. The number of methoxy groups -OCH3 is 1. The molecule has 0 aliphatic carbocycles. The molecule has 0 spiro atoms. The van der Waals surface area contributed by atoms with Crippen LogP contribution >= 0.6 is 0 Å². The first-order chi connectivity index (χ1) is 21.5. The minimum absolute atomic E-state index is 0.0532. The Morgan fingerprint density at radius 3 is 2.13 bits per heavy atom. The molecule has 0 aliphatic heterocycles. The van der Waals surface area contributed by atoms with Crippen LogP contribution in [0.25, 0.3) is 0 Å². The first kappa shape index (κ1) is 35.6. The Balaban J connectivity index is 1.88. The average molecular weight is 626 g/mol. The van der Waals surface area contributed by atoms with Crippen molar-refractivity contribution in [1.82, 2.24) is 15.5 Å². The smallest absolute Gasteiger partial charge is 0.253 e. The summed E-state index contributed by atoms with van der Waals surface area (Å²) >= 11 is 0. The molecule has 45 heavy (non-hydrogen) atoms. The molecule has 0 bridgehead atoms. The second-order valence-corrected chi connectivity index (χ2v) is 11.4. The van der Waals surface area contributed by atoms with Crippen LogP contribution in [0.4, 0.5) is 8.78 Å². The van der Waals surface area contributed by atoms with Gasteiger partial charge in [0.15, 0.2) is 0 Å². The van der Waals surface area contributed by atoms with Gasteiger partial charge in [0.05, 0.1) is 25.4 Å². The van der Waals surface area contributed by atoms with E-state index in [-0.39, 0.29) is 36.4 Å². The summed E-state index contributed by atoms with van der Waals surface area (Å²) in [5, 5.41) is 27.3. The van der Waals surface area contributed by atoms with Crippen LogP contribution in [0, 0.1) is 11.6 Å². The van der Waals surface area contributed by atoms with Gasteiger partial charge in [-0.25, -0.2) is 8.78 Å². The second-order valence-electron chi connectivity index (χ2n) is 11.4. The fourth-order valence-corrected chi connectivity index (χ4v) is 5.25. The molecule has 3 aromatic carbocycles. The van der Waals surface area contributed by atoms with E-state index in [0.717, 1.165) is 36.6 Å². The molecule has 3 atom stereocenters. The van der Waals surface area contributed by atoms with Crippen LogP contribution < -0.4 is 15.4 Å². The number of carbonyl (C=O) groups excluding carboxylic acids is 2. The zero-order valence-corrected chi connectivity index (χ0v) is 26.5. The molecule has 0 saturated carbocycles. The predicted octanol–water partition coefficient (Wildman–Crippen LogP) is 4.65. The average Bonchev–Trinajstić information content (AvgIpc) is 2.99. The van der Waals surface area contributed by atoms with E-state index >= 15 is 0 Å². The second kappa shape index (κ2) is 17.6. The van der Waals surface area contributed by atoms with Gasteiger partial charge in [-0.05, 0) is 91.8 Å². The third-order valence-corrected chi connectivity index (χ3v) is 7.28. The van der Waals surface area contributed by atoms with Gasteiger partial charge in [-0.1, -0.05) is 26.0 Å². The number of aliphatic hydroxyl groups is 2. The van der Waals surface area contributed by atoms with Gasteiger partial charge >= 0.3 is 0 Å². The van der Waals surface area contributed by atoms with Crippen molar-refractivity contribution >= 4 is 11.8 Å². The summed E-state index contributed by atoms with van der Waals surface area (Å²) in [6.45, 7) is 7.20. The summed E-state index contributed by atoms with van der Waals surface area (Å²) < 4.78 is 33.3. The molecule has 3 aromatic rings. The van der Waals surface area contributed by atoms with Crippen molar-refractivity contribution in [2.75, 3.05) is 26.7 Å². The predicted molar refractivity (Wildman–Crippen MR) is 170 cm³/mol. The topological polar surface area (TPSA) is 111 Å². The fourth-order valence-electron chi connectivity index (χ4n) is 5.25. The van der Waals surface area contributed by atoms with Crippen LogP contribution in [0.1, 0.15) is 71.0 Å². The summed E-state index contributed by atoms with van der Waals surface area (Å²) in [7, 11) is 1.57. The van der Waals surface area contributed by atoms with Crippen molar-refractivity contribution < 1.29 is 33.3 Å². The van der Waals surface area contributed by atoms with Crippen molar-refractivity contribution in [1.29, 1.82) is 0 Å². The Bertz CT molecular complexity index is 1390. The van der Waals surface area contributed by atoms with Gasteiger partial charge < -0.3 is 30.5 Å². The summed E-state index contributed by atoms with van der Waals surface area (Å²) in [6, 6.07) is 14.4. The van der Waals surface area contributed by atoms with Gasteiger partial charge in [-0.2, -0.15) is 0 Å². The summed E-state index contributed by atoms with van der Waals surface area (Å²) in [5.74, 6) is -1.62. The normalized spacial score (nSPS) is 13.2. The minimum Gasteiger partial charge on any atom is -0.497 e. The van der Waals surface area contributed by atoms with Crippen molar-refractivity contribution in [3.05, 3.63) is 100 Å². The van der Waals surface area contributed by atoms with Crippen LogP contribution in [0.5, 0.6) is 5.75 Å². The van der Waals surface area contributed by atoms with Crippen LogP contribution in [-0.2, 0) is 19.4 Å². The Hall–Kier alpha value is -3.86. The molecule has 0 heterocycles. The largest absolute Gasteiger partial charge is 0.497 e. The third kappa shape index (κ3) is 11.2. The molecule has 0 aliphatic rings. The maximum Gasteiger partial charge on any atom is 0.253 e. The van der Waals surface area contributed by atoms with Crippen LogP contribution in [0.3, 0.4) is 0 Å². The Kier molecular flexibility index (Phi) is 13.9. The van der Waals surface area contributed by atoms with Gasteiger partial charge in [0.1, 0.15) is 17.4 Å². The lowest BCUT2D eigenvalue weighted by atomic mass is 9.98. The van der Waals surface area contributed by atoms with Crippen molar-refractivity contribution in [3.8, 4) is 5.75 Å². The number of hydrogen-bond acceptors (Lipinski definition) is 6. The molecular weight excluding hydrogens is 580 g/mol. The molecule has 0 fully saturated rings. The highest BCUT2D eigenvalue weighted by atomic mass is 19.1. The van der Waals surface area contributed by atoms with E-state index in [9.17, 15) is 28.6 Å². The van der Waals surface area contributed by atoms with Gasteiger partial charge in [-0.15, -0.1) is 0 Å². The number of halogens is 2. The number of nitrogens with zero attached hydrogens (tertiary/aromatic N) is 1. The summed E-state index contributed by atoms with van der Waals surface area (Å²) in [5.41, 5.74) is 2.29. The zero-order chi connectivity index (χ0) is 32.9. The van der Waals surface area contributed by atoms with E-state index in [2.05, 4.69) is 10.6 Å². The quantitative estimate of drug-likeness (QED) is 0.174. The number of hydrogen-bond donors (Lipinski definition) is 4. The highest BCUT2D eigenvalue weighted by Crippen LogP contribution is 2.18. The van der Waals surface area contributed by atoms with E-state index in [1.165, 1.54) is 6.07 Å². The van der Waals surface area contributed by atoms with Crippen LogP contribution in [0.15, 0.2) is 60.7 Å². The maximum atomic E-state index is 14.0. The number of benzene rings is 3. The molecule has 2 amide bonds. The fraction of sp³-hybridized carbons (Fsp3) is 0.429. The Morgan fingerprint density at radius 1 is 0.867 bits per heavy atom. The van der Waals surface area contributed by atoms with Crippen molar-refractivity contribution in [2.24, 2.45) is 0 Å². The Morgan fingerprint density at radius 2 is 1.51 bits per heavy atom. The number of rotatable bonds is 17. The van der Waals surface area contributed by atoms with E-state index < -0.39 is 35.8 Å². The number of carbonyl (C=O) groups is 2. The van der Waals surface area contributed by atoms with E-state index in [0.29, 0.717) is 36.5 Å². The number of nitrogens with one attached hydrogen (secondary N) is 2. The van der Waals surface area contributed by atoms with Gasteiger partial charge in [-0.3, -0.25) is 9.59 Å². The number of aliphatic hydroxyl groups excluding tert-OH is 2. The standard InChI is InChI=1S/C35H45F2N3O5/c1-5-10-40(11-6-2)35(44)28-14-25(12-23(3)41)13-27(19-28)34(43)39-32(18-26-15-29(36)20-30(37)16-26)33(42)22-38-21-24-8-7-9-31(17-24)45-4/h7-9,13-17,19-20,23,32-33,38,41-42H,5-6,10-12,18,21-22H2,1-4H3,(H,39,43)/t23?,32-,33+/m0/s1. The van der Waals surface area contributed by atoms with E-state index in [4.69, 9.17) is 4.74 Å². The molecule has 3 rings (SSSR count). The SMILES string of the molecule is CCCN(CCC)C(=O)c1cc(CC(C)O)cc(C(=O)N[C@@H](Cc2cc(F)cc(F)c2)[C@H](O)CNCc2cccc(OC)c2)c1. The molecule has 8 nitrogen and oxygen atoms in total. The molecule has 244 valence electrons. The number of amides is 2. The first-order valence-electron chi connectivity index (χ1n) is 15.4. The summed E-state index contributed by atoms with van der Waals surface area (Å²) in [4.78, 5) is 28.9. The maximum absolute atomic E-state index is 14.0. The molecule has 0 saturated heterocycles. The molecule has 4 N–H and O–H groups in total. The highest BCUT2D eigenvalue weighted by molar-refractivity contribution is 6.00. The molecule has 0 aromatic heterocycles. The van der Waals surface area contributed by atoms with Gasteiger partial charge in [0.25, 0.3) is 11.8 Å². The zero-order valence-electron chi connectivity index (χ0n) is 26.5.